The Kier molecular flexibility index (Phi) is 6.23. The fraction of sp³-hybridized carbons (Fsp3) is 0.500. The van der Waals surface area contributed by atoms with Crippen LogP contribution in [0.5, 0.6) is 0 Å². The molecule has 5 rings (SSSR count). The molecule has 11 heteroatoms. The molecule has 186 valence electrons. The van der Waals surface area contributed by atoms with Crippen molar-refractivity contribution >= 4 is 38.4 Å². The van der Waals surface area contributed by atoms with Crippen LogP contribution in [-0.2, 0) is 30.5 Å². The van der Waals surface area contributed by atoms with E-state index in [1.54, 1.807) is 21.7 Å². The summed E-state index contributed by atoms with van der Waals surface area (Å²) in [5.74, 6) is -2.00. The Balaban J connectivity index is 1.33. The molecule has 0 N–H and O–H groups in total. The molecule has 1 saturated heterocycles. The average molecular weight is 551 g/mol. The van der Waals surface area contributed by atoms with E-state index in [-0.39, 0.29) is 23.3 Å². The van der Waals surface area contributed by atoms with E-state index in [9.17, 15) is 18.0 Å². The molecule has 1 aromatic carbocycles. The standard InChI is InChI=1S/C24H26BrF3N6O/c1-14-12-32(22-17-4-3-15(24(2,27)28)9-19(17)29-11-18(22)25)6-5-16(14)23(35)33-7-8-34-20(10-26)30-31-21(34)13-33/h3-4,9,11,14,16H,5-8,10,12-13H2,1-2H3/t14-,16+/m1/s1. The summed E-state index contributed by atoms with van der Waals surface area (Å²) in [7, 11) is 0. The molecule has 4 heterocycles. The van der Waals surface area contributed by atoms with Gasteiger partial charge in [-0.2, -0.15) is 0 Å². The Bertz CT molecular complexity index is 1280. The molecular weight excluding hydrogens is 525 g/mol. The maximum atomic E-state index is 13.8. The molecule has 0 bridgehead atoms. The predicted molar refractivity (Wildman–Crippen MR) is 129 cm³/mol. The number of alkyl halides is 3. The lowest BCUT2D eigenvalue weighted by molar-refractivity contribution is -0.139. The Morgan fingerprint density at radius 1 is 1.23 bits per heavy atom. The second-order valence-corrected chi connectivity index (χ2v) is 10.3. The van der Waals surface area contributed by atoms with E-state index in [4.69, 9.17) is 0 Å². The van der Waals surface area contributed by atoms with Gasteiger partial charge >= 0.3 is 0 Å². The summed E-state index contributed by atoms with van der Waals surface area (Å²) in [5.41, 5.74) is 1.35. The van der Waals surface area contributed by atoms with Gasteiger partial charge in [0, 0.05) is 56.2 Å². The number of fused-ring (bicyclic) bond motifs is 2. The topological polar surface area (TPSA) is 67.2 Å². The molecular formula is C24H26BrF3N6O. The number of amides is 1. The van der Waals surface area contributed by atoms with Gasteiger partial charge in [0.1, 0.15) is 6.67 Å². The lowest BCUT2D eigenvalue weighted by atomic mass is 9.85. The fourth-order valence-electron chi connectivity index (χ4n) is 5.20. The first-order valence-corrected chi connectivity index (χ1v) is 12.4. The van der Waals surface area contributed by atoms with Gasteiger partial charge in [0.05, 0.1) is 22.2 Å². The van der Waals surface area contributed by atoms with Gasteiger partial charge in [0.25, 0.3) is 5.92 Å². The van der Waals surface area contributed by atoms with Gasteiger partial charge in [-0.25, -0.2) is 13.2 Å². The fourth-order valence-corrected chi connectivity index (χ4v) is 5.77. The summed E-state index contributed by atoms with van der Waals surface area (Å²) in [6.45, 7) is 4.92. The van der Waals surface area contributed by atoms with E-state index in [1.165, 1.54) is 12.1 Å². The zero-order chi connectivity index (χ0) is 24.9. The van der Waals surface area contributed by atoms with Crippen molar-refractivity contribution in [3.8, 4) is 0 Å². The highest BCUT2D eigenvalue weighted by Crippen LogP contribution is 2.39. The number of halogens is 4. The second-order valence-electron chi connectivity index (χ2n) is 9.47. The number of carbonyl (C=O) groups excluding carboxylic acids is 1. The number of rotatable bonds is 4. The van der Waals surface area contributed by atoms with Gasteiger partial charge in [0.15, 0.2) is 11.6 Å². The highest BCUT2D eigenvalue weighted by Gasteiger charge is 2.36. The number of pyridine rings is 1. The maximum Gasteiger partial charge on any atom is 0.270 e. The van der Waals surface area contributed by atoms with E-state index >= 15 is 0 Å². The summed E-state index contributed by atoms with van der Waals surface area (Å²) >= 11 is 3.59. The molecule has 3 aromatic rings. The first-order valence-electron chi connectivity index (χ1n) is 11.6. The quantitative estimate of drug-likeness (QED) is 0.472. The third-order valence-corrected chi connectivity index (χ3v) is 7.68. The van der Waals surface area contributed by atoms with Crippen LogP contribution in [0.1, 0.15) is 37.5 Å². The number of hydrogen-bond donors (Lipinski definition) is 0. The molecule has 35 heavy (non-hydrogen) atoms. The van der Waals surface area contributed by atoms with Crippen molar-refractivity contribution in [1.29, 1.82) is 0 Å². The van der Waals surface area contributed by atoms with Crippen LogP contribution in [0.4, 0.5) is 18.9 Å². The van der Waals surface area contributed by atoms with Crippen molar-refractivity contribution < 1.29 is 18.0 Å². The molecule has 2 aliphatic rings. The monoisotopic (exact) mass is 550 g/mol. The summed E-state index contributed by atoms with van der Waals surface area (Å²) < 4.78 is 43.3. The zero-order valence-corrected chi connectivity index (χ0v) is 21.1. The number of aromatic nitrogens is 4. The summed E-state index contributed by atoms with van der Waals surface area (Å²) in [6.07, 6.45) is 2.31. The van der Waals surface area contributed by atoms with E-state index in [0.29, 0.717) is 56.3 Å². The van der Waals surface area contributed by atoms with E-state index in [0.717, 1.165) is 22.5 Å². The smallest absolute Gasteiger partial charge is 0.270 e. The van der Waals surface area contributed by atoms with Gasteiger partial charge < -0.3 is 14.4 Å². The van der Waals surface area contributed by atoms with E-state index in [1.807, 2.05) is 0 Å². The number of carbonyl (C=O) groups is 1. The number of benzene rings is 1. The van der Waals surface area contributed by atoms with Crippen molar-refractivity contribution in [1.82, 2.24) is 24.6 Å². The van der Waals surface area contributed by atoms with Crippen molar-refractivity contribution in [2.24, 2.45) is 11.8 Å². The second kappa shape index (κ2) is 9.07. The molecule has 2 aliphatic heterocycles. The van der Waals surface area contributed by atoms with Gasteiger partial charge in [-0.05, 0) is 34.3 Å². The Morgan fingerprint density at radius 3 is 2.74 bits per heavy atom. The first-order chi connectivity index (χ1) is 16.7. The van der Waals surface area contributed by atoms with Gasteiger partial charge in [-0.1, -0.05) is 19.1 Å². The summed E-state index contributed by atoms with van der Waals surface area (Å²) in [4.78, 5) is 21.7. The average Bonchev–Trinajstić information content (AvgIpc) is 3.25. The molecule has 0 aliphatic carbocycles. The normalized spacial score (nSPS) is 20.9. The third kappa shape index (κ3) is 4.39. The summed E-state index contributed by atoms with van der Waals surface area (Å²) in [6, 6.07) is 4.59. The van der Waals surface area contributed by atoms with Crippen molar-refractivity contribution in [2.75, 3.05) is 24.5 Å². The first kappa shape index (κ1) is 24.0. The Morgan fingerprint density at radius 2 is 2.03 bits per heavy atom. The summed E-state index contributed by atoms with van der Waals surface area (Å²) in [5, 5.41) is 8.72. The highest BCUT2D eigenvalue weighted by atomic mass is 79.9. The van der Waals surface area contributed by atoms with E-state index in [2.05, 4.69) is 42.9 Å². The zero-order valence-electron chi connectivity index (χ0n) is 19.5. The Hall–Kier alpha value is -2.69. The molecule has 2 atom stereocenters. The van der Waals surface area contributed by atoms with E-state index < -0.39 is 12.6 Å². The van der Waals surface area contributed by atoms with Crippen LogP contribution in [0.2, 0.25) is 0 Å². The number of piperidine rings is 1. The highest BCUT2D eigenvalue weighted by molar-refractivity contribution is 9.10. The minimum absolute atomic E-state index is 0.0700. The van der Waals surface area contributed by atoms with Crippen LogP contribution >= 0.6 is 15.9 Å². The van der Waals surface area contributed by atoms with Crippen LogP contribution < -0.4 is 4.90 Å². The van der Waals surface area contributed by atoms with Crippen LogP contribution in [0.25, 0.3) is 10.9 Å². The lowest BCUT2D eigenvalue weighted by Gasteiger charge is -2.40. The van der Waals surface area contributed by atoms with Crippen LogP contribution in [-0.4, -0.2) is 50.2 Å². The molecule has 0 unspecified atom stereocenters. The van der Waals surface area contributed by atoms with Gasteiger partial charge in [-0.3, -0.25) is 9.78 Å². The Labute approximate surface area is 209 Å². The number of hydrogen-bond acceptors (Lipinski definition) is 5. The van der Waals surface area contributed by atoms with Gasteiger partial charge in [0.2, 0.25) is 5.91 Å². The molecule has 0 radical (unpaired) electrons. The molecule has 1 amide bonds. The van der Waals surface area contributed by atoms with Crippen LogP contribution in [0, 0.1) is 11.8 Å². The van der Waals surface area contributed by atoms with Crippen molar-refractivity contribution in [3.05, 3.63) is 46.1 Å². The maximum absolute atomic E-state index is 13.8. The molecule has 1 fully saturated rings. The van der Waals surface area contributed by atoms with Crippen molar-refractivity contribution in [2.45, 2.75) is 46.0 Å². The predicted octanol–water partition coefficient (Wildman–Crippen LogP) is 4.67. The number of nitrogens with zero attached hydrogens (tertiary/aromatic N) is 6. The van der Waals surface area contributed by atoms with Crippen molar-refractivity contribution in [3.63, 3.8) is 0 Å². The third-order valence-electron chi connectivity index (χ3n) is 7.10. The molecule has 2 aromatic heterocycles. The van der Waals surface area contributed by atoms with Crippen LogP contribution in [0.15, 0.2) is 28.9 Å². The number of anilines is 1. The molecule has 0 spiro atoms. The van der Waals surface area contributed by atoms with Crippen LogP contribution in [0.3, 0.4) is 0 Å². The largest absolute Gasteiger partial charge is 0.370 e. The SMILES string of the molecule is C[C@@H]1CN(c2c(Br)cnc3cc(C(C)(F)F)ccc23)CC[C@@H]1C(=O)N1CCn2c(CF)nnc2C1. The van der Waals surface area contributed by atoms with Gasteiger partial charge in [-0.15, -0.1) is 10.2 Å². The molecule has 0 saturated carbocycles. The molecule has 7 nitrogen and oxygen atoms in total. The lowest BCUT2D eigenvalue weighted by Crippen LogP contribution is -2.49. The minimum atomic E-state index is -2.94. The minimum Gasteiger partial charge on any atom is -0.370 e.